The Balaban J connectivity index is 1.20. The van der Waals surface area contributed by atoms with Gasteiger partial charge in [-0.05, 0) is 24.1 Å². The SMILES string of the molecule is Nc1c(NCCCN2CCOCC2)ncnc1N1CCN(C(c2ccccc2)c2ccccc2)CC1. The molecule has 3 aromatic rings. The molecule has 36 heavy (non-hydrogen) atoms. The molecule has 0 spiro atoms. The minimum absolute atomic E-state index is 0.237. The molecule has 190 valence electrons. The van der Waals surface area contributed by atoms with E-state index in [9.17, 15) is 0 Å². The van der Waals surface area contributed by atoms with Crippen LogP contribution in [-0.4, -0.2) is 85.3 Å². The van der Waals surface area contributed by atoms with Crippen LogP contribution in [0.1, 0.15) is 23.6 Å². The Morgan fingerprint density at radius 3 is 2.11 bits per heavy atom. The zero-order valence-corrected chi connectivity index (χ0v) is 20.9. The van der Waals surface area contributed by atoms with Gasteiger partial charge in [0, 0.05) is 45.8 Å². The number of anilines is 3. The number of nitrogens with two attached hydrogens (primary N) is 1. The topological polar surface area (TPSA) is 82.8 Å². The molecule has 8 nitrogen and oxygen atoms in total. The maximum atomic E-state index is 6.55. The molecule has 0 bridgehead atoms. The lowest BCUT2D eigenvalue weighted by atomic mass is 9.96. The summed E-state index contributed by atoms with van der Waals surface area (Å²) in [6.45, 7) is 9.19. The number of nitrogens with one attached hydrogen (secondary N) is 1. The van der Waals surface area contributed by atoms with E-state index in [1.54, 1.807) is 6.33 Å². The van der Waals surface area contributed by atoms with Crippen molar-refractivity contribution in [3.8, 4) is 0 Å². The van der Waals surface area contributed by atoms with Crippen LogP contribution in [0.4, 0.5) is 17.3 Å². The van der Waals surface area contributed by atoms with E-state index in [-0.39, 0.29) is 6.04 Å². The van der Waals surface area contributed by atoms with Crippen molar-refractivity contribution < 1.29 is 4.74 Å². The van der Waals surface area contributed by atoms with Crippen LogP contribution in [0.3, 0.4) is 0 Å². The number of aromatic nitrogens is 2. The van der Waals surface area contributed by atoms with Crippen molar-refractivity contribution in [1.29, 1.82) is 0 Å². The first-order chi connectivity index (χ1) is 17.8. The van der Waals surface area contributed by atoms with Crippen molar-refractivity contribution in [3.63, 3.8) is 0 Å². The number of hydrogen-bond donors (Lipinski definition) is 2. The first kappa shape index (κ1) is 24.5. The summed E-state index contributed by atoms with van der Waals surface area (Å²) in [6, 6.07) is 21.8. The second-order valence-electron chi connectivity index (χ2n) is 9.44. The third-order valence-electron chi connectivity index (χ3n) is 7.12. The summed E-state index contributed by atoms with van der Waals surface area (Å²) in [5.41, 5.74) is 9.83. The molecule has 5 rings (SSSR count). The maximum Gasteiger partial charge on any atom is 0.157 e. The van der Waals surface area contributed by atoms with Gasteiger partial charge in [-0.25, -0.2) is 9.97 Å². The van der Waals surface area contributed by atoms with Gasteiger partial charge in [0.1, 0.15) is 12.0 Å². The fraction of sp³-hybridized carbons (Fsp3) is 0.429. The molecular formula is C28H37N7O. The van der Waals surface area contributed by atoms with Crippen LogP contribution in [0.15, 0.2) is 67.0 Å². The Kier molecular flexibility index (Phi) is 8.28. The standard InChI is InChI=1S/C28H37N7O/c29-25-27(30-12-7-13-33-18-20-36-21-19-33)31-22-32-28(25)35-16-14-34(15-17-35)26(23-8-3-1-4-9-23)24-10-5-2-6-11-24/h1-6,8-11,22,26H,7,12-21,29H2,(H,30,31,32). The molecule has 2 aromatic carbocycles. The van der Waals surface area contributed by atoms with E-state index in [0.717, 1.165) is 83.6 Å². The molecule has 2 aliphatic rings. The summed E-state index contributed by atoms with van der Waals surface area (Å²) < 4.78 is 5.43. The van der Waals surface area contributed by atoms with Crippen LogP contribution in [-0.2, 0) is 4.74 Å². The largest absolute Gasteiger partial charge is 0.393 e. The third kappa shape index (κ3) is 5.95. The molecule has 0 unspecified atom stereocenters. The molecule has 1 aromatic heterocycles. The lowest BCUT2D eigenvalue weighted by Gasteiger charge is -2.40. The van der Waals surface area contributed by atoms with Crippen LogP contribution >= 0.6 is 0 Å². The molecule has 0 atom stereocenters. The summed E-state index contributed by atoms with van der Waals surface area (Å²) in [7, 11) is 0. The molecular weight excluding hydrogens is 450 g/mol. The molecule has 2 aliphatic heterocycles. The number of hydrogen-bond acceptors (Lipinski definition) is 8. The number of benzene rings is 2. The molecule has 0 aliphatic carbocycles. The van der Waals surface area contributed by atoms with E-state index in [0.29, 0.717) is 5.69 Å². The number of rotatable bonds is 9. The van der Waals surface area contributed by atoms with Crippen molar-refractivity contribution in [3.05, 3.63) is 78.1 Å². The van der Waals surface area contributed by atoms with Gasteiger partial charge < -0.3 is 20.7 Å². The lowest BCUT2D eigenvalue weighted by molar-refractivity contribution is 0.0378. The average Bonchev–Trinajstić information content (AvgIpc) is 2.94. The highest BCUT2D eigenvalue weighted by molar-refractivity contribution is 5.75. The van der Waals surface area contributed by atoms with Gasteiger partial charge in [-0.2, -0.15) is 0 Å². The zero-order valence-electron chi connectivity index (χ0n) is 20.9. The third-order valence-corrected chi connectivity index (χ3v) is 7.12. The Hall–Kier alpha value is -3.20. The Morgan fingerprint density at radius 1 is 0.833 bits per heavy atom. The predicted molar refractivity (Wildman–Crippen MR) is 145 cm³/mol. The molecule has 2 fully saturated rings. The van der Waals surface area contributed by atoms with Crippen LogP contribution in [0.5, 0.6) is 0 Å². The Morgan fingerprint density at radius 2 is 1.47 bits per heavy atom. The average molecular weight is 488 g/mol. The van der Waals surface area contributed by atoms with Gasteiger partial charge in [-0.1, -0.05) is 60.7 Å². The number of nitrogen functional groups attached to an aromatic ring is 1. The molecule has 0 radical (unpaired) electrons. The van der Waals surface area contributed by atoms with Crippen molar-refractivity contribution in [2.75, 3.05) is 81.5 Å². The molecule has 8 heteroatoms. The summed E-state index contributed by atoms with van der Waals surface area (Å²) in [5.74, 6) is 1.56. The number of ether oxygens (including phenoxy) is 1. The minimum atomic E-state index is 0.237. The van der Waals surface area contributed by atoms with Gasteiger partial charge >= 0.3 is 0 Å². The predicted octanol–water partition coefficient (Wildman–Crippen LogP) is 3.10. The smallest absolute Gasteiger partial charge is 0.157 e. The van der Waals surface area contributed by atoms with Crippen molar-refractivity contribution in [2.24, 2.45) is 0 Å². The lowest BCUT2D eigenvalue weighted by Crippen LogP contribution is -2.48. The summed E-state index contributed by atoms with van der Waals surface area (Å²) in [4.78, 5) is 16.3. The van der Waals surface area contributed by atoms with E-state index < -0.39 is 0 Å². The van der Waals surface area contributed by atoms with E-state index >= 15 is 0 Å². The highest BCUT2D eigenvalue weighted by atomic mass is 16.5. The first-order valence-electron chi connectivity index (χ1n) is 13.0. The fourth-order valence-corrected chi connectivity index (χ4v) is 5.19. The first-order valence-corrected chi connectivity index (χ1v) is 13.0. The minimum Gasteiger partial charge on any atom is -0.393 e. The van der Waals surface area contributed by atoms with Crippen LogP contribution in [0.25, 0.3) is 0 Å². The number of nitrogens with zero attached hydrogens (tertiary/aromatic N) is 5. The Labute approximate surface area is 214 Å². The van der Waals surface area contributed by atoms with Crippen LogP contribution < -0.4 is 16.0 Å². The molecule has 2 saturated heterocycles. The molecule has 0 amide bonds. The van der Waals surface area contributed by atoms with Crippen LogP contribution in [0, 0.1) is 0 Å². The van der Waals surface area contributed by atoms with Crippen molar-refractivity contribution in [2.45, 2.75) is 12.5 Å². The summed E-state index contributed by atoms with van der Waals surface area (Å²) >= 11 is 0. The van der Waals surface area contributed by atoms with Gasteiger partial charge in [-0.3, -0.25) is 9.80 Å². The van der Waals surface area contributed by atoms with E-state index in [1.807, 2.05) is 0 Å². The van der Waals surface area contributed by atoms with Crippen molar-refractivity contribution in [1.82, 2.24) is 19.8 Å². The quantitative estimate of drug-likeness (QED) is 0.446. The zero-order chi connectivity index (χ0) is 24.6. The molecule has 0 saturated carbocycles. The van der Waals surface area contributed by atoms with Gasteiger partial charge in [0.05, 0.1) is 19.3 Å². The van der Waals surface area contributed by atoms with E-state index in [2.05, 4.69) is 90.6 Å². The highest BCUT2D eigenvalue weighted by Gasteiger charge is 2.28. The van der Waals surface area contributed by atoms with Gasteiger partial charge in [0.15, 0.2) is 11.6 Å². The maximum absolute atomic E-state index is 6.55. The highest BCUT2D eigenvalue weighted by Crippen LogP contribution is 2.32. The normalized spacial score (nSPS) is 17.4. The number of piperazine rings is 1. The summed E-state index contributed by atoms with van der Waals surface area (Å²) in [6.07, 6.45) is 2.66. The van der Waals surface area contributed by atoms with Gasteiger partial charge in [0.25, 0.3) is 0 Å². The second kappa shape index (κ2) is 12.2. The second-order valence-corrected chi connectivity index (χ2v) is 9.44. The van der Waals surface area contributed by atoms with Gasteiger partial charge in [0.2, 0.25) is 0 Å². The van der Waals surface area contributed by atoms with Crippen LogP contribution in [0.2, 0.25) is 0 Å². The number of morpholine rings is 1. The van der Waals surface area contributed by atoms with E-state index in [1.165, 1.54) is 11.1 Å². The monoisotopic (exact) mass is 487 g/mol. The summed E-state index contributed by atoms with van der Waals surface area (Å²) in [5, 5.41) is 3.43. The van der Waals surface area contributed by atoms with Gasteiger partial charge in [-0.15, -0.1) is 0 Å². The molecule has 3 N–H and O–H groups in total. The molecule has 3 heterocycles. The van der Waals surface area contributed by atoms with E-state index in [4.69, 9.17) is 10.5 Å². The fourth-order valence-electron chi connectivity index (χ4n) is 5.19. The van der Waals surface area contributed by atoms with Crippen molar-refractivity contribution >= 4 is 17.3 Å². The Bertz CT molecular complexity index is 1030.